The average molecular weight is 388 g/mol. The molecule has 154 valence electrons. The Morgan fingerprint density at radius 3 is 2.54 bits per heavy atom. The monoisotopic (exact) mass is 387 g/mol. The van der Waals surface area contributed by atoms with Crippen LogP contribution in [0.2, 0.25) is 0 Å². The van der Waals surface area contributed by atoms with E-state index in [4.69, 9.17) is 4.74 Å². The van der Waals surface area contributed by atoms with Crippen molar-refractivity contribution in [3.05, 3.63) is 23.9 Å². The molecule has 0 unspecified atom stereocenters. The van der Waals surface area contributed by atoms with Crippen LogP contribution in [0.5, 0.6) is 0 Å². The van der Waals surface area contributed by atoms with Crippen LogP contribution < -0.4 is 4.90 Å². The minimum absolute atomic E-state index is 0.0146. The lowest BCUT2D eigenvalue weighted by Gasteiger charge is -2.33. The van der Waals surface area contributed by atoms with Gasteiger partial charge in [-0.1, -0.05) is 13.8 Å². The SMILES string of the molecule is COC1CCN(c2ccc(C(=O)N3CCC[C@@H](C(=O)CC(C)C)C3)cn2)CC1. The number of carbonyl (C=O) groups is 2. The van der Waals surface area contributed by atoms with E-state index in [1.54, 1.807) is 13.3 Å². The summed E-state index contributed by atoms with van der Waals surface area (Å²) in [5, 5.41) is 0. The second-order valence-corrected chi connectivity index (χ2v) is 8.48. The molecule has 6 heteroatoms. The summed E-state index contributed by atoms with van der Waals surface area (Å²) >= 11 is 0. The van der Waals surface area contributed by atoms with E-state index in [1.165, 1.54) is 0 Å². The zero-order chi connectivity index (χ0) is 20.1. The third-order valence-electron chi connectivity index (χ3n) is 5.87. The minimum Gasteiger partial charge on any atom is -0.381 e. The van der Waals surface area contributed by atoms with Crippen LogP contribution in [-0.4, -0.2) is 61.0 Å². The summed E-state index contributed by atoms with van der Waals surface area (Å²) in [5.41, 5.74) is 0.604. The molecule has 0 saturated carbocycles. The van der Waals surface area contributed by atoms with Crippen LogP contribution in [0.15, 0.2) is 18.3 Å². The second-order valence-electron chi connectivity index (χ2n) is 8.48. The molecule has 2 aliphatic heterocycles. The van der Waals surface area contributed by atoms with Crippen LogP contribution in [0.3, 0.4) is 0 Å². The fourth-order valence-corrected chi connectivity index (χ4v) is 4.20. The summed E-state index contributed by atoms with van der Waals surface area (Å²) in [5.74, 6) is 1.54. The van der Waals surface area contributed by atoms with Gasteiger partial charge in [-0.25, -0.2) is 4.98 Å². The first-order valence-electron chi connectivity index (χ1n) is 10.5. The molecule has 3 rings (SSSR count). The van der Waals surface area contributed by atoms with Crippen LogP contribution in [0.25, 0.3) is 0 Å². The van der Waals surface area contributed by atoms with E-state index in [9.17, 15) is 9.59 Å². The van der Waals surface area contributed by atoms with Gasteiger partial charge in [0, 0.05) is 51.8 Å². The summed E-state index contributed by atoms with van der Waals surface area (Å²) in [7, 11) is 1.76. The van der Waals surface area contributed by atoms with Gasteiger partial charge in [-0.2, -0.15) is 0 Å². The molecule has 2 aliphatic rings. The second kappa shape index (κ2) is 9.50. The van der Waals surface area contributed by atoms with Gasteiger partial charge in [-0.3, -0.25) is 9.59 Å². The topological polar surface area (TPSA) is 62.7 Å². The largest absolute Gasteiger partial charge is 0.381 e. The Morgan fingerprint density at radius 1 is 1.18 bits per heavy atom. The van der Waals surface area contributed by atoms with Gasteiger partial charge in [-0.05, 0) is 43.7 Å². The van der Waals surface area contributed by atoms with Crippen LogP contribution in [0.4, 0.5) is 5.82 Å². The van der Waals surface area contributed by atoms with Crippen molar-refractivity contribution in [2.45, 2.75) is 52.1 Å². The van der Waals surface area contributed by atoms with E-state index < -0.39 is 0 Å². The number of hydrogen-bond donors (Lipinski definition) is 0. The van der Waals surface area contributed by atoms with Gasteiger partial charge in [0.1, 0.15) is 11.6 Å². The lowest BCUT2D eigenvalue weighted by Crippen LogP contribution is -2.42. The number of amides is 1. The number of nitrogens with zero attached hydrogens (tertiary/aromatic N) is 3. The maximum Gasteiger partial charge on any atom is 0.255 e. The molecule has 6 nitrogen and oxygen atoms in total. The zero-order valence-corrected chi connectivity index (χ0v) is 17.4. The number of pyridine rings is 1. The minimum atomic E-state index is -0.0191. The van der Waals surface area contributed by atoms with Crippen molar-refractivity contribution < 1.29 is 14.3 Å². The number of ketones is 1. The average Bonchev–Trinajstić information content (AvgIpc) is 2.73. The van der Waals surface area contributed by atoms with Gasteiger partial charge in [0.2, 0.25) is 0 Å². The number of carbonyl (C=O) groups excluding carboxylic acids is 2. The highest BCUT2D eigenvalue weighted by Gasteiger charge is 2.29. The Bertz CT molecular complexity index is 666. The number of methoxy groups -OCH3 is 1. The Kier molecular flexibility index (Phi) is 7.05. The number of hydrogen-bond acceptors (Lipinski definition) is 5. The van der Waals surface area contributed by atoms with Crippen LogP contribution in [0.1, 0.15) is 56.3 Å². The van der Waals surface area contributed by atoms with E-state index in [0.717, 1.165) is 51.1 Å². The smallest absolute Gasteiger partial charge is 0.255 e. The van der Waals surface area contributed by atoms with Gasteiger partial charge < -0.3 is 14.5 Å². The molecule has 1 aromatic rings. The zero-order valence-electron chi connectivity index (χ0n) is 17.4. The Balaban J connectivity index is 1.59. The first kappa shape index (κ1) is 20.8. The van der Waals surface area contributed by atoms with Crippen LogP contribution in [-0.2, 0) is 9.53 Å². The van der Waals surface area contributed by atoms with Crippen LogP contribution >= 0.6 is 0 Å². The van der Waals surface area contributed by atoms with Crippen molar-refractivity contribution in [2.75, 3.05) is 38.2 Å². The lowest BCUT2D eigenvalue weighted by molar-refractivity contribution is -0.124. The molecule has 0 bridgehead atoms. The number of anilines is 1. The van der Waals surface area contributed by atoms with Crippen molar-refractivity contribution >= 4 is 17.5 Å². The maximum atomic E-state index is 12.9. The van der Waals surface area contributed by atoms with E-state index in [2.05, 4.69) is 23.7 Å². The molecular weight excluding hydrogens is 354 g/mol. The molecule has 1 atom stereocenters. The number of aromatic nitrogens is 1. The summed E-state index contributed by atoms with van der Waals surface area (Å²) in [4.78, 5) is 33.9. The number of likely N-dealkylation sites (tertiary alicyclic amines) is 1. The molecule has 1 amide bonds. The van der Waals surface area contributed by atoms with Gasteiger partial charge >= 0.3 is 0 Å². The normalized spacial score (nSPS) is 21.2. The quantitative estimate of drug-likeness (QED) is 0.750. The summed E-state index contributed by atoms with van der Waals surface area (Å²) in [6, 6.07) is 3.80. The molecule has 0 radical (unpaired) electrons. The third-order valence-corrected chi connectivity index (χ3v) is 5.87. The Hall–Kier alpha value is -1.95. The highest BCUT2D eigenvalue weighted by atomic mass is 16.5. The van der Waals surface area contributed by atoms with E-state index in [-0.39, 0.29) is 11.8 Å². The molecule has 2 fully saturated rings. The molecule has 0 spiro atoms. The summed E-state index contributed by atoms with van der Waals surface area (Å²) < 4.78 is 5.42. The molecule has 0 N–H and O–H groups in total. The van der Waals surface area contributed by atoms with Crippen molar-refractivity contribution in [3.8, 4) is 0 Å². The van der Waals surface area contributed by atoms with Crippen LogP contribution in [0, 0.1) is 11.8 Å². The summed E-state index contributed by atoms with van der Waals surface area (Å²) in [6.07, 6.45) is 6.39. The molecular formula is C22H33N3O3. The standard InChI is InChI=1S/C22H33N3O3/c1-16(2)13-20(26)18-5-4-10-25(15-18)22(27)17-6-7-21(23-14-17)24-11-8-19(28-3)9-12-24/h6-7,14,16,18-19H,4-5,8-13,15H2,1-3H3/t18-/m1/s1. The number of Topliss-reactive ketones (excluding diaryl/α,β-unsaturated/α-hetero) is 1. The molecule has 3 heterocycles. The number of rotatable bonds is 6. The van der Waals surface area contributed by atoms with Gasteiger partial charge in [0.15, 0.2) is 0 Å². The molecule has 0 aromatic carbocycles. The van der Waals surface area contributed by atoms with Gasteiger partial charge in [0.25, 0.3) is 5.91 Å². The van der Waals surface area contributed by atoms with Crippen molar-refractivity contribution in [3.63, 3.8) is 0 Å². The fourth-order valence-electron chi connectivity index (χ4n) is 4.20. The number of piperidine rings is 2. The van der Waals surface area contributed by atoms with Gasteiger partial charge in [-0.15, -0.1) is 0 Å². The molecule has 2 saturated heterocycles. The first-order chi connectivity index (χ1) is 13.5. The maximum absolute atomic E-state index is 12.9. The van der Waals surface area contributed by atoms with E-state index in [0.29, 0.717) is 36.3 Å². The Morgan fingerprint density at radius 2 is 1.93 bits per heavy atom. The lowest BCUT2D eigenvalue weighted by atomic mass is 9.89. The fraction of sp³-hybridized carbons (Fsp3) is 0.682. The highest BCUT2D eigenvalue weighted by Crippen LogP contribution is 2.23. The predicted molar refractivity (Wildman–Crippen MR) is 110 cm³/mol. The van der Waals surface area contributed by atoms with Gasteiger partial charge in [0.05, 0.1) is 11.7 Å². The van der Waals surface area contributed by atoms with Crippen molar-refractivity contribution in [1.82, 2.24) is 9.88 Å². The summed E-state index contributed by atoms with van der Waals surface area (Å²) in [6.45, 7) is 7.23. The van der Waals surface area contributed by atoms with Crippen molar-refractivity contribution in [2.24, 2.45) is 11.8 Å². The highest BCUT2D eigenvalue weighted by molar-refractivity contribution is 5.94. The molecule has 0 aliphatic carbocycles. The number of ether oxygens (including phenoxy) is 1. The Labute approximate surface area is 168 Å². The molecule has 28 heavy (non-hydrogen) atoms. The van der Waals surface area contributed by atoms with Crippen molar-refractivity contribution in [1.29, 1.82) is 0 Å². The first-order valence-corrected chi connectivity index (χ1v) is 10.5. The van der Waals surface area contributed by atoms with E-state index >= 15 is 0 Å². The molecule has 1 aromatic heterocycles. The van der Waals surface area contributed by atoms with E-state index in [1.807, 2.05) is 17.0 Å². The predicted octanol–water partition coefficient (Wildman–Crippen LogP) is 3.16. The third kappa shape index (κ3) is 5.10.